The van der Waals surface area contributed by atoms with Gasteiger partial charge in [-0.25, -0.2) is 0 Å². The summed E-state index contributed by atoms with van der Waals surface area (Å²) in [6, 6.07) is 17.1. The molecule has 3 amide bonds. The molecule has 54 heavy (non-hydrogen) atoms. The number of nitrogens with zero attached hydrogens (tertiary/aromatic N) is 2. The third kappa shape index (κ3) is 11.6. The molecule has 1 heterocycles. The summed E-state index contributed by atoms with van der Waals surface area (Å²) < 4.78 is 0. The van der Waals surface area contributed by atoms with Gasteiger partial charge in [0.25, 0.3) is 0 Å². The van der Waals surface area contributed by atoms with Crippen molar-refractivity contribution in [3.8, 4) is 12.3 Å². The second-order valence-electron chi connectivity index (χ2n) is 16.7. The quantitative estimate of drug-likeness (QED) is 0.156. The molecule has 7 atom stereocenters. The molecule has 4 N–H and O–H groups in total. The number of likely N-dealkylation sites (tertiary alicyclic amines) is 1. The van der Waals surface area contributed by atoms with E-state index < -0.39 is 42.0 Å². The minimum Gasteiger partial charge on any atom is -0.390 e. The number of rotatable bonds is 18. The first kappa shape index (κ1) is 41.5. The van der Waals surface area contributed by atoms with Crippen LogP contribution in [0, 0.1) is 30.1 Å². The van der Waals surface area contributed by atoms with Gasteiger partial charge in [-0.1, -0.05) is 101 Å². The maximum Gasteiger partial charge on any atom is 0.243 e. The Balaban J connectivity index is 1.23. The van der Waals surface area contributed by atoms with Crippen molar-refractivity contribution in [3.63, 3.8) is 0 Å². The average molecular weight is 741 g/mol. The number of likely N-dealkylation sites (N-methyl/N-ethyl adjacent to an activating group) is 1. The van der Waals surface area contributed by atoms with E-state index in [1.54, 1.807) is 4.90 Å². The van der Waals surface area contributed by atoms with E-state index in [9.17, 15) is 24.6 Å². The first-order valence-electron chi connectivity index (χ1n) is 20.5. The number of hydrogen-bond acceptors (Lipinski definition) is 6. The van der Waals surface area contributed by atoms with E-state index in [1.165, 1.54) is 17.5 Å². The molecule has 2 unspecified atom stereocenters. The lowest BCUT2D eigenvalue weighted by Crippen LogP contribution is -2.56. The van der Waals surface area contributed by atoms with Gasteiger partial charge in [-0.15, -0.1) is 12.3 Å². The van der Waals surface area contributed by atoms with Crippen molar-refractivity contribution in [3.05, 3.63) is 71.3 Å². The van der Waals surface area contributed by atoms with Crippen LogP contribution in [0.15, 0.2) is 54.6 Å². The normalized spacial score (nSPS) is 21.5. The molecule has 1 saturated heterocycles. The standard InChI is InChI=1S/C45H64N4O5/c1-5-14-39(45(54)47-40(27-33-17-10-7-11-18-33)43(52)41(50)25-31(2)3)46-44(53)36(26-32-15-8-6-9-16-32)30-42(51)48(4)23-24-49-22-21-35-29-37(49)28-34-19-12-13-20-38(34)35/h1,6,8-9,12-13,15-16,19-20,31,33,35-37,39-41,43,50,52H,7,10-11,14,17-18,21-30H2,2-4H3,(H,46,53)(H,47,54)/t35?,36-,37?,39+,40+,41+,43-/m1/s1. The summed E-state index contributed by atoms with van der Waals surface area (Å²) in [4.78, 5) is 45.9. The van der Waals surface area contributed by atoms with Gasteiger partial charge in [-0.05, 0) is 79.5 Å². The number of carbonyl (C=O) groups excluding carboxylic acids is 3. The summed E-state index contributed by atoms with van der Waals surface area (Å²) >= 11 is 0. The molecule has 5 rings (SSSR count). The molecule has 1 saturated carbocycles. The van der Waals surface area contributed by atoms with Crippen LogP contribution in [-0.4, -0.2) is 94.7 Å². The van der Waals surface area contributed by atoms with Gasteiger partial charge in [0.2, 0.25) is 17.7 Å². The highest BCUT2D eigenvalue weighted by molar-refractivity contribution is 5.91. The lowest BCUT2D eigenvalue weighted by molar-refractivity contribution is -0.137. The first-order chi connectivity index (χ1) is 26.0. The Hall–Kier alpha value is -3.71. The van der Waals surface area contributed by atoms with Gasteiger partial charge in [0.1, 0.15) is 12.1 Å². The molecule has 2 fully saturated rings. The fourth-order valence-corrected chi connectivity index (χ4v) is 9.04. The minimum atomic E-state index is -1.15. The van der Waals surface area contributed by atoms with Crippen LogP contribution < -0.4 is 10.6 Å². The zero-order valence-corrected chi connectivity index (χ0v) is 32.8. The van der Waals surface area contributed by atoms with Gasteiger partial charge in [0.15, 0.2) is 0 Å². The molecular weight excluding hydrogens is 677 g/mol. The monoisotopic (exact) mass is 740 g/mol. The topological polar surface area (TPSA) is 122 Å². The number of benzene rings is 2. The van der Waals surface area contributed by atoms with Crippen molar-refractivity contribution >= 4 is 17.7 Å². The fraction of sp³-hybridized carbons (Fsp3) is 0.622. The number of fused-ring (bicyclic) bond motifs is 4. The van der Waals surface area contributed by atoms with Gasteiger partial charge in [-0.3, -0.25) is 19.3 Å². The van der Waals surface area contributed by atoms with Gasteiger partial charge >= 0.3 is 0 Å². The minimum absolute atomic E-state index is 0.00902. The molecule has 1 aliphatic heterocycles. The van der Waals surface area contributed by atoms with Crippen LogP contribution in [0.4, 0.5) is 0 Å². The lowest BCUT2D eigenvalue weighted by atomic mass is 9.75. The number of aliphatic hydroxyl groups is 2. The van der Waals surface area contributed by atoms with Crippen LogP contribution >= 0.6 is 0 Å². The Labute approximate surface area is 323 Å². The summed E-state index contributed by atoms with van der Waals surface area (Å²) in [7, 11) is 1.81. The third-order valence-electron chi connectivity index (χ3n) is 12.2. The summed E-state index contributed by atoms with van der Waals surface area (Å²) in [6.07, 6.45) is 13.5. The van der Waals surface area contributed by atoms with Crippen molar-refractivity contribution < 1.29 is 24.6 Å². The van der Waals surface area contributed by atoms with Crippen molar-refractivity contribution in [1.82, 2.24) is 20.4 Å². The number of amides is 3. The lowest BCUT2D eigenvalue weighted by Gasteiger charge is -2.44. The molecule has 9 nitrogen and oxygen atoms in total. The number of terminal acetylenes is 1. The maximum atomic E-state index is 14.1. The zero-order chi connectivity index (χ0) is 38.6. The predicted octanol–water partition coefficient (Wildman–Crippen LogP) is 5.23. The summed E-state index contributed by atoms with van der Waals surface area (Å²) in [6.45, 7) is 6.32. The first-order valence-corrected chi connectivity index (χ1v) is 20.5. The molecule has 2 bridgehead atoms. The van der Waals surface area contributed by atoms with Crippen LogP contribution in [0.2, 0.25) is 0 Å². The van der Waals surface area contributed by atoms with Crippen LogP contribution in [0.1, 0.15) is 107 Å². The smallest absolute Gasteiger partial charge is 0.243 e. The van der Waals surface area contributed by atoms with Crippen molar-refractivity contribution in [2.24, 2.45) is 17.8 Å². The molecule has 0 spiro atoms. The summed E-state index contributed by atoms with van der Waals surface area (Å²) in [5, 5.41) is 28.0. The van der Waals surface area contributed by atoms with Crippen LogP contribution in [-0.2, 0) is 27.2 Å². The Morgan fingerprint density at radius 3 is 2.41 bits per heavy atom. The van der Waals surface area contributed by atoms with Gasteiger partial charge in [-0.2, -0.15) is 0 Å². The van der Waals surface area contributed by atoms with Crippen molar-refractivity contribution in [2.45, 2.75) is 134 Å². The second-order valence-corrected chi connectivity index (χ2v) is 16.7. The fourth-order valence-electron chi connectivity index (χ4n) is 9.04. The van der Waals surface area contributed by atoms with Crippen molar-refractivity contribution in [1.29, 1.82) is 0 Å². The van der Waals surface area contributed by atoms with E-state index in [1.807, 2.05) is 51.2 Å². The molecule has 9 heteroatoms. The molecule has 2 aromatic carbocycles. The molecule has 294 valence electrons. The molecule has 3 aliphatic rings. The average Bonchev–Trinajstić information content (AvgIpc) is 3.17. The number of piperidine rings is 1. The molecule has 2 aliphatic carbocycles. The van der Waals surface area contributed by atoms with Crippen LogP contribution in [0.25, 0.3) is 0 Å². The van der Waals surface area contributed by atoms with E-state index in [0.29, 0.717) is 43.7 Å². The van der Waals surface area contributed by atoms with E-state index >= 15 is 0 Å². The second kappa shape index (κ2) is 20.3. The third-order valence-corrected chi connectivity index (χ3v) is 12.2. The Morgan fingerprint density at radius 2 is 1.69 bits per heavy atom. The number of carbonyl (C=O) groups is 3. The largest absolute Gasteiger partial charge is 0.390 e. The van der Waals surface area contributed by atoms with Gasteiger partial charge in [0, 0.05) is 39.0 Å². The van der Waals surface area contributed by atoms with Gasteiger partial charge in [0.05, 0.1) is 18.1 Å². The highest BCUT2D eigenvalue weighted by atomic mass is 16.3. The maximum absolute atomic E-state index is 14.1. The van der Waals surface area contributed by atoms with Gasteiger partial charge < -0.3 is 25.7 Å². The summed E-state index contributed by atoms with van der Waals surface area (Å²) in [5.41, 5.74) is 3.86. The Bertz CT molecular complexity index is 1550. The van der Waals surface area contributed by atoms with Crippen LogP contribution in [0.5, 0.6) is 0 Å². The number of hydrogen-bond donors (Lipinski definition) is 4. The van der Waals surface area contributed by atoms with E-state index in [-0.39, 0.29) is 24.7 Å². The van der Waals surface area contributed by atoms with Crippen LogP contribution in [0.3, 0.4) is 0 Å². The molecule has 2 aromatic rings. The summed E-state index contributed by atoms with van der Waals surface area (Å²) in [5.74, 6) is 1.89. The van der Waals surface area contributed by atoms with E-state index in [0.717, 1.165) is 63.6 Å². The molecule has 0 radical (unpaired) electrons. The zero-order valence-electron chi connectivity index (χ0n) is 32.8. The Morgan fingerprint density at radius 1 is 0.963 bits per heavy atom. The van der Waals surface area contributed by atoms with E-state index in [4.69, 9.17) is 6.42 Å². The highest BCUT2D eigenvalue weighted by Crippen LogP contribution is 2.39. The highest BCUT2D eigenvalue weighted by Gasteiger charge is 2.36. The van der Waals surface area contributed by atoms with E-state index in [2.05, 4.69) is 45.7 Å². The SMILES string of the molecule is C#CC[C@H](NC(=O)[C@@H](CC(=O)N(C)CCN1CCC2CC1Cc1ccccc12)Cc1ccccc1)C(=O)N[C@@H](CC1CCCCC1)[C@@H](O)[C@@H](O)CC(C)C. The molecular formula is C45H64N4O5. The van der Waals surface area contributed by atoms with Crippen molar-refractivity contribution in [2.75, 3.05) is 26.7 Å². The predicted molar refractivity (Wildman–Crippen MR) is 213 cm³/mol. The molecule has 0 aromatic heterocycles. The Kier molecular flexibility index (Phi) is 15.6. The number of aliphatic hydroxyl groups excluding tert-OH is 2. The number of nitrogens with one attached hydrogen (secondary N) is 2.